The van der Waals surface area contributed by atoms with E-state index in [2.05, 4.69) is 81.5 Å². The van der Waals surface area contributed by atoms with Crippen molar-refractivity contribution < 1.29 is 9.47 Å². The lowest BCUT2D eigenvalue weighted by Crippen LogP contribution is -2.34. The number of fused-ring (bicyclic) bond motifs is 1. The van der Waals surface area contributed by atoms with Crippen LogP contribution in [0.4, 0.5) is 0 Å². The van der Waals surface area contributed by atoms with E-state index in [1.807, 2.05) is 0 Å². The van der Waals surface area contributed by atoms with Gasteiger partial charge in [-0.3, -0.25) is 0 Å². The minimum atomic E-state index is -0.308. The second kappa shape index (κ2) is 28.7. The molecule has 2 fully saturated rings. The van der Waals surface area contributed by atoms with Crippen molar-refractivity contribution in [1.29, 1.82) is 0 Å². The quantitative estimate of drug-likeness (QED) is 0.0549. The van der Waals surface area contributed by atoms with Crippen LogP contribution in [-0.4, -0.2) is 43.0 Å². The van der Waals surface area contributed by atoms with E-state index in [1.54, 1.807) is 0 Å². The first kappa shape index (κ1) is 42.0. The lowest BCUT2D eigenvalue weighted by atomic mass is 9.98. The monoisotopic (exact) mass is 654 g/mol. The highest BCUT2D eigenvalue weighted by atomic mass is 16.8. The molecule has 1 aliphatic carbocycles. The number of allylic oxidation sites excluding steroid dienone is 8. The van der Waals surface area contributed by atoms with Gasteiger partial charge in [0, 0.05) is 18.9 Å². The Morgan fingerprint density at radius 3 is 1.17 bits per heavy atom. The number of nitrogens with zero attached hydrogens (tertiary/aromatic N) is 1. The second-order valence-electron chi connectivity index (χ2n) is 15.0. The van der Waals surface area contributed by atoms with Gasteiger partial charge < -0.3 is 14.4 Å². The van der Waals surface area contributed by atoms with Crippen LogP contribution < -0.4 is 0 Å². The summed E-state index contributed by atoms with van der Waals surface area (Å²) in [6, 6.07) is 0.603. The van der Waals surface area contributed by atoms with Crippen LogP contribution in [0.5, 0.6) is 0 Å². The highest BCUT2D eigenvalue weighted by Crippen LogP contribution is 2.44. The Morgan fingerprint density at radius 2 is 0.809 bits per heavy atom. The molecule has 0 aromatic carbocycles. The van der Waals surface area contributed by atoms with Gasteiger partial charge in [-0.25, -0.2) is 0 Å². The molecular weight excluding hydrogens is 574 g/mol. The molecule has 3 atom stereocenters. The third-order valence-corrected chi connectivity index (χ3v) is 10.4. The van der Waals surface area contributed by atoms with Crippen molar-refractivity contribution in [2.75, 3.05) is 14.1 Å². The van der Waals surface area contributed by atoms with Crippen LogP contribution in [0.15, 0.2) is 48.6 Å². The standard InChI is InChI=1S/C44H79NO2/c1-5-7-9-11-13-15-17-19-21-23-25-27-29-31-33-35-37-44(46-42-39-41(45(3)4)40-43(42)47-44)38-36-34-32-30-28-26-24-22-20-18-16-14-12-10-8-6-2/h13-16,19-22,41-43H,5-12,17-18,23-40H2,1-4H3/b15-13-,16-14-,21-19-,22-20-/t41?,42-,43?/m0/s1. The summed E-state index contributed by atoms with van der Waals surface area (Å²) in [5.41, 5.74) is 0. The Bertz CT molecular complexity index is 763. The zero-order valence-electron chi connectivity index (χ0n) is 31.9. The molecule has 47 heavy (non-hydrogen) atoms. The van der Waals surface area contributed by atoms with E-state index >= 15 is 0 Å². The Morgan fingerprint density at radius 1 is 0.468 bits per heavy atom. The molecule has 0 N–H and O–H groups in total. The number of ether oxygens (including phenoxy) is 2. The Hall–Kier alpha value is -1.16. The van der Waals surface area contributed by atoms with E-state index in [1.165, 1.54) is 141 Å². The van der Waals surface area contributed by atoms with Crippen molar-refractivity contribution >= 4 is 0 Å². The Balaban J connectivity index is 1.55. The zero-order chi connectivity index (χ0) is 33.7. The van der Waals surface area contributed by atoms with Crippen molar-refractivity contribution in [3.8, 4) is 0 Å². The largest absolute Gasteiger partial charge is 0.344 e. The molecule has 2 unspecified atom stereocenters. The van der Waals surface area contributed by atoms with E-state index in [0.29, 0.717) is 18.2 Å². The summed E-state index contributed by atoms with van der Waals surface area (Å²) >= 11 is 0. The molecule has 0 aromatic rings. The average Bonchev–Trinajstić information content (AvgIpc) is 3.61. The first-order chi connectivity index (χ1) is 23.1. The molecule has 272 valence electrons. The summed E-state index contributed by atoms with van der Waals surface area (Å²) in [5.74, 6) is -0.308. The summed E-state index contributed by atoms with van der Waals surface area (Å²) in [5, 5.41) is 0. The van der Waals surface area contributed by atoms with Crippen LogP contribution >= 0.6 is 0 Å². The smallest absolute Gasteiger partial charge is 0.169 e. The van der Waals surface area contributed by atoms with Crippen LogP contribution in [0, 0.1) is 0 Å². The molecule has 1 saturated heterocycles. The van der Waals surface area contributed by atoms with Gasteiger partial charge in [0.25, 0.3) is 0 Å². The van der Waals surface area contributed by atoms with Gasteiger partial charge >= 0.3 is 0 Å². The number of hydrogen-bond acceptors (Lipinski definition) is 3. The molecule has 0 radical (unpaired) electrons. The molecule has 1 heterocycles. The third kappa shape index (κ3) is 20.8. The molecule has 2 rings (SSSR count). The van der Waals surface area contributed by atoms with Gasteiger partial charge in [-0.05, 0) is 104 Å². The highest BCUT2D eigenvalue weighted by molar-refractivity contribution is 4.97. The summed E-state index contributed by atoms with van der Waals surface area (Å²) in [4.78, 5) is 2.36. The van der Waals surface area contributed by atoms with E-state index < -0.39 is 0 Å². The topological polar surface area (TPSA) is 21.7 Å². The van der Waals surface area contributed by atoms with Gasteiger partial charge in [-0.15, -0.1) is 0 Å². The van der Waals surface area contributed by atoms with Crippen LogP contribution in [0.25, 0.3) is 0 Å². The molecule has 1 aliphatic heterocycles. The normalized spacial score (nSPS) is 21.2. The molecule has 0 aromatic heterocycles. The van der Waals surface area contributed by atoms with Crippen molar-refractivity contribution in [3.63, 3.8) is 0 Å². The summed E-state index contributed by atoms with van der Waals surface area (Å²) < 4.78 is 13.7. The minimum Gasteiger partial charge on any atom is -0.344 e. The maximum absolute atomic E-state index is 6.83. The molecular formula is C44H79NO2. The predicted molar refractivity (Wildman–Crippen MR) is 207 cm³/mol. The molecule has 0 spiro atoms. The zero-order valence-corrected chi connectivity index (χ0v) is 31.9. The number of hydrogen-bond donors (Lipinski definition) is 0. The minimum absolute atomic E-state index is 0.302. The van der Waals surface area contributed by atoms with Gasteiger partial charge in [0.05, 0.1) is 12.2 Å². The molecule has 3 heteroatoms. The number of rotatable bonds is 31. The Labute approximate surface area is 294 Å². The fraction of sp³-hybridized carbons (Fsp3) is 0.818. The molecule has 3 nitrogen and oxygen atoms in total. The fourth-order valence-corrected chi connectivity index (χ4v) is 7.31. The van der Waals surface area contributed by atoms with Gasteiger partial charge in [0.2, 0.25) is 0 Å². The fourth-order valence-electron chi connectivity index (χ4n) is 7.31. The molecule has 2 aliphatic rings. The summed E-state index contributed by atoms with van der Waals surface area (Å²) in [6.07, 6.45) is 55.0. The van der Waals surface area contributed by atoms with Gasteiger partial charge in [0.15, 0.2) is 5.79 Å². The van der Waals surface area contributed by atoms with E-state index in [-0.39, 0.29) is 5.79 Å². The van der Waals surface area contributed by atoms with Crippen LogP contribution in [-0.2, 0) is 9.47 Å². The average molecular weight is 654 g/mol. The molecule has 0 amide bonds. The number of unbranched alkanes of at least 4 members (excludes halogenated alkanes) is 18. The van der Waals surface area contributed by atoms with Gasteiger partial charge in [-0.2, -0.15) is 0 Å². The van der Waals surface area contributed by atoms with Crippen molar-refractivity contribution in [1.82, 2.24) is 4.90 Å². The maximum atomic E-state index is 6.83. The van der Waals surface area contributed by atoms with Crippen molar-refractivity contribution in [2.45, 2.75) is 218 Å². The summed E-state index contributed by atoms with van der Waals surface area (Å²) in [6.45, 7) is 4.54. The third-order valence-electron chi connectivity index (χ3n) is 10.4. The Kier molecular flexibility index (Phi) is 25.6. The maximum Gasteiger partial charge on any atom is 0.169 e. The van der Waals surface area contributed by atoms with Crippen LogP contribution in [0.1, 0.15) is 194 Å². The lowest BCUT2D eigenvalue weighted by molar-refractivity contribution is -0.193. The van der Waals surface area contributed by atoms with Crippen LogP contribution in [0.2, 0.25) is 0 Å². The van der Waals surface area contributed by atoms with E-state index in [4.69, 9.17) is 9.47 Å². The molecule has 1 saturated carbocycles. The first-order valence-corrected chi connectivity index (χ1v) is 20.7. The summed E-state index contributed by atoms with van der Waals surface area (Å²) in [7, 11) is 4.40. The van der Waals surface area contributed by atoms with E-state index in [9.17, 15) is 0 Å². The van der Waals surface area contributed by atoms with Crippen molar-refractivity contribution in [2.24, 2.45) is 0 Å². The lowest BCUT2D eigenvalue weighted by Gasteiger charge is -2.31. The van der Waals surface area contributed by atoms with E-state index in [0.717, 1.165) is 38.5 Å². The second-order valence-corrected chi connectivity index (χ2v) is 15.0. The van der Waals surface area contributed by atoms with Crippen molar-refractivity contribution in [3.05, 3.63) is 48.6 Å². The van der Waals surface area contributed by atoms with Gasteiger partial charge in [-0.1, -0.05) is 140 Å². The predicted octanol–water partition coefficient (Wildman–Crippen LogP) is 13.6. The van der Waals surface area contributed by atoms with Gasteiger partial charge in [0.1, 0.15) is 0 Å². The highest BCUT2D eigenvalue weighted by Gasteiger charge is 2.51. The SMILES string of the molecule is CCCCC/C=C\C/C=C\CCCCCCCCC1(CCCCCCCC/C=C\C/C=C\CCCCC)OC2CC(N(C)C)C[C@@H]2O1. The van der Waals surface area contributed by atoms with Crippen LogP contribution in [0.3, 0.4) is 0 Å². The molecule has 0 bridgehead atoms. The first-order valence-electron chi connectivity index (χ1n) is 20.7.